The molecule has 4 rings (SSSR count). The van der Waals surface area contributed by atoms with Gasteiger partial charge in [-0.3, -0.25) is 9.59 Å². The van der Waals surface area contributed by atoms with Gasteiger partial charge in [0.1, 0.15) is 11.6 Å². The third-order valence-electron chi connectivity index (χ3n) is 6.69. The van der Waals surface area contributed by atoms with Crippen LogP contribution in [0.1, 0.15) is 60.5 Å². The summed E-state index contributed by atoms with van der Waals surface area (Å²) in [7, 11) is 1.65. The Labute approximate surface area is 189 Å². The molecular formula is C26H31FN2O3. The zero-order valence-electron chi connectivity index (χ0n) is 18.6. The van der Waals surface area contributed by atoms with Crippen molar-refractivity contribution >= 4 is 11.8 Å². The van der Waals surface area contributed by atoms with E-state index in [0.717, 1.165) is 56.4 Å². The van der Waals surface area contributed by atoms with Crippen molar-refractivity contribution in [2.45, 2.75) is 44.6 Å². The summed E-state index contributed by atoms with van der Waals surface area (Å²) >= 11 is 0. The fourth-order valence-electron chi connectivity index (χ4n) is 4.92. The molecule has 0 saturated carbocycles. The van der Waals surface area contributed by atoms with E-state index < -0.39 is 0 Å². The van der Waals surface area contributed by atoms with Crippen LogP contribution >= 0.6 is 0 Å². The second-order valence-corrected chi connectivity index (χ2v) is 8.77. The summed E-state index contributed by atoms with van der Waals surface area (Å²) < 4.78 is 18.5. The number of likely N-dealkylation sites (tertiary alicyclic amines) is 2. The molecule has 2 amide bonds. The number of hydrogen-bond acceptors (Lipinski definition) is 3. The number of halogens is 1. The molecule has 2 fully saturated rings. The van der Waals surface area contributed by atoms with E-state index in [1.807, 2.05) is 17.0 Å². The summed E-state index contributed by atoms with van der Waals surface area (Å²) in [5.74, 6) is 0.253. The molecule has 2 aliphatic rings. The molecule has 0 aromatic heterocycles. The molecule has 0 N–H and O–H groups in total. The Hall–Kier alpha value is -2.89. The van der Waals surface area contributed by atoms with Gasteiger partial charge in [-0.1, -0.05) is 25.0 Å². The Balaban J connectivity index is 1.50. The van der Waals surface area contributed by atoms with E-state index in [1.54, 1.807) is 12.0 Å². The number of benzene rings is 2. The van der Waals surface area contributed by atoms with Gasteiger partial charge in [0.25, 0.3) is 5.91 Å². The van der Waals surface area contributed by atoms with Crippen LogP contribution in [-0.2, 0) is 4.79 Å². The number of rotatable bonds is 4. The Morgan fingerprint density at radius 3 is 2.38 bits per heavy atom. The zero-order valence-corrected chi connectivity index (χ0v) is 18.6. The smallest absolute Gasteiger partial charge is 0.253 e. The van der Waals surface area contributed by atoms with Crippen molar-refractivity contribution in [1.82, 2.24) is 9.80 Å². The molecule has 2 atom stereocenters. The monoisotopic (exact) mass is 438 g/mol. The van der Waals surface area contributed by atoms with Crippen LogP contribution in [0, 0.1) is 11.7 Å². The Bertz CT molecular complexity index is 929. The molecule has 5 nitrogen and oxygen atoms in total. The van der Waals surface area contributed by atoms with Gasteiger partial charge in [0, 0.05) is 25.2 Å². The van der Waals surface area contributed by atoms with Gasteiger partial charge in [0.05, 0.1) is 19.1 Å². The lowest BCUT2D eigenvalue weighted by atomic mass is 9.93. The molecule has 2 aromatic carbocycles. The minimum atomic E-state index is -0.362. The lowest BCUT2D eigenvalue weighted by Gasteiger charge is -2.38. The second kappa shape index (κ2) is 10.2. The minimum absolute atomic E-state index is 0.0547. The largest absolute Gasteiger partial charge is 0.497 e. The third kappa shape index (κ3) is 4.95. The Morgan fingerprint density at radius 2 is 1.66 bits per heavy atom. The summed E-state index contributed by atoms with van der Waals surface area (Å²) in [5.41, 5.74) is 1.60. The number of hydrogen-bond donors (Lipinski definition) is 0. The van der Waals surface area contributed by atoms with Crippen molar-refractivity contribution in [1.29, 1.82) is 0 Å². The summed E-state index contributed by atoms with van der Waals surface area (Å²) in [5, 5.41) is 0. The fraction of sp³-hybridized carbons (Fsp3) is 0.462. The number of piperidine rings is 1. The van der Waals surface area contributed by atoms with Crippen LogP contribution in [0.4, 0.5) is 4.39 Å². The van der Waals surface area contributed by atoms with E-state index in [9.17, 15) is 14.0 Å². The number of amides is 2. The van der Waals surface area contributed by atoms with E-state index in [2.05, 4.69) is 12.1 Å². The van der Waals surface area contributed by atoms with Crippen LogP contribution in [0.5, 0.6) is 5.75 Å². The molecule has 0 bridgehead atoms. The number of carbonyl (C=O) groups excluding carboxylic acids is 2. The van der Waals surface area contributed by atoms with Crippen LogP contribution in [0.2, 0.25) is 0 Å². The standard InChI is InChI=1S/C26H31FN2O3/c1-32-23-14-10-19(11-15-23)24-7-3-2-4-17-29(24)26(31)21-6-5-16-28(18-21)25(30)20-8-12-22(27)13-9-20/h8-15,21,24H,2-7,16-18H2,1H3/t21-,24+/m1/s1. The minimum Gasteiger partial charge on any atom is -0.497 e. The van der Waals surface area contributed by atoms with Gasteiger partial charge >= 0.3 is 0 Å². The highest BCUT2D eigenvalue weighted by atomic mass is 19.1. The molecule has 2 saturated heterocycles. The van der Waals surface area contributed by atoms with Gasteiger partial charge in [0.15, 0.2) is 0 Å². The lowest BCUT2D eigenvalue weighted by Crippen LogP contribution is -2.47. The van der Waals surface area contributed by atoms with E-state index in [4.69, 9.17) is 4.74 Å². The number of ether oxygens (including phenoxy) is 1. The predicted molar refractivity (Wildman–Crippen MR) is 121 cm³/mol. The topological polar surface area (TPSA) is 49.9 Å². The fourth-order valence-corrected chi connectivity index (χ4v) is 4.92. The maximum Gasteiger partial charge on any atom is 0.253 e. The molecule has 6 heteroatoms. The van der Waals surface area contributed by atoms with Gasteiger partial charge in [-0.25, -0.2) is 4.39 Å². The van der Waals surface area contributed by atoms with Crippen molar-refractivity contribution in [3.05, 3.63) is 65.5 Å². The van der Waals surface area contributed by atoms with E-state index >= 15 is 0 Å². The Kier molecular flexibility index (Phi) is 7.08. The molecule has 32 heavy (non-hydrogen) atoms. The SMILES string of the molecule is COc1ccc([C@@H]2CCCCCN2C(=O)[C@@H]2CCCN(C(=O)c3ccc(F)cc3)C2)cc1. The van der Waals surface area contributed by atoms with Gasteiger partial charge in [-0.15, -0.1) is 0 Å². The van der Waals surface area contributed by atoms with E-state index in [1.165, 1.54) is 24.3 Å². The quantitative estimate of drug-likeness (QED) is 0.687. The molecule has 0 unspecified atom stereocenters. The van der Waals surface area contributed by atoms with Crippen molar-refractivity contribution in [2.24, 2.45) is 5.92 Å². The van der Waals surface area contributed by atoms with Gasteiger partial charge in [-0.05, 0) is 67.6 Å². The summed E-state index contributed by atoms with van der Waals surface area (Å²) in [4.78, 5) is 30.4. The third-order valence-corrected chi connectivity index (χ3v) is 6.69. The molecular weight excluding hydrogens is 407 g/mol. The zero-order chi connectivity index (χ0) is 22.5. The Morgan fingerprint density at radius 1 is 0.906 bits per heavy atom. The van der Waals surface area contributed by atoms with E-state index in [-0.39, 0.29) is 29.6 Å². The van der Waals surface area contributed by atoms with Crippen molar-refractivity contribution in [2.75, 3.05) is 26.7 Å². The second-order valence-electron chi connectivity index (χ2n) is 8.77. The summed E-state index contributed by atoms with van der Waals surface area (Å²) in [6, 6.07) is 13.7. The van der Waals surface area contributed by atoms with Crippen molar-refractivity contribution in [3.63, 3.8) is 0 Å². The number of nitrogens with zero attached hydrogens (tertiary/aromatic N) is 2. The highest BCUT2D eigenvalue weighted by Crippen LogP contribution is 2.33. The van der Waals surface area contributed by atoms with Crippen molar-refractivity contribution in [3.8, 4) is 5.75 Å². The average molecular weight is 439 g/mol. The normalized spacial score (nSPS) is 21.7. The van der Waals surface area contributed by atoms with Gasteiger partial charge in [0.2, 0.25) is 5.91 Å². The highest BCUT2D eigenvalue weighted by molar-refractivity contribution is 5.94. The summed E-state index contributed by atoms with van der Waals surface area (Å²) in [6.45, 7) is 1.79. The van der Waals surface area contributed by atoms with Crippen LogP contribution in [0.25, 0.3) is 0 Å². The molecule has 2 aliphatic heterocycles. The first-order valence-corrected chi connectivity index (χ1v) is 11.6. The average Bonchev–Trinajstić information content (AvgIpc) is 3.10. The van der Waals surface area contributed by atoms with Crippen LogP contribution in [0.15, 0.2) is 48.5 Å². The summed E-state index contributed by atoms with van der Waals surface area (Å²) in [6.07, 6.45) is 5.76. The maximum atomic E-state index is 13.7. The van der Waals surface area contributed by atoms with Crippen LogP contribution in [0.3, 0.4) is 0 Å². The van der Waals surface area contributed by atoms with Gasteiger partial charge < -0.3 is 14.5 Å². The molecule has 0 radical (unpaired) electrons. The maximum absolute atomic E-state index is 13.7. The van der Waals surface area contributed by atoms with Crippen molar-refractivity contribution < 1.29 is 18.7 Å². The molecule has 0 aliphatic carbocycles. The van der Waals surface area contributed by atoms with Crippen LogP contribution < -0.4 is 4.74 Å². The first-order valence-electron chi connectivity index (χ1n) is 11.6. The number of methoxy groups -OCH3 is 1. The number of carbonyl (C=O) groups is 2. The first kappa shape index (κ1) is 22.3. The highest BCUT2D eigenvalue weighted by Gasteiger charge is 2.35. The molecule has 0 spiro atoms. The predicted octanol–water partition coefficient (Wildman–Crippen LogP) is 4.83. The van der Waals surface area contributed by atoms with E-state index in [0.29, 0.717) is 18.7 Å². The molecule has 170 valence electrons. The molecule has 2 heterocycles. The van der Waals surface area contributed by atoms with Crippen LogP contribution in [-0.4, -0.2) is 48.4 Å². The molecule has 2 aromatic rings. The first-order chi connectivity index (χ1) is 15.6. The van der Waals surface area contributed by atoms with Gasteiger partial charge in [-0.2, -0.15) is 0 Å². The lowest BCUT2D eigenvalue weighted by molar-refractivity contribution is -0.139.